The lowest BCUT2D eigenvalue weighted by molar-refractivity contribution is -0.129. The van der Waals surface area contributed by atoms with Crippen molar-refractivity contribution in [1.82, 2.24) is 24.1 Å². The van der Waals surface area contributed by atoms with Crippen LogP contribution in [0.25, 0.3) is 5.52 Å². The molecule has 0 spiro atoms. The van der Waals surface area contributed by atoms with Gasteiger partial charge in [-0.3, -0.25) is 14.4 Å². The number of piperazine rings is 1. The van der Waals surface area contributed by atoms with Crippen molar-refractivity contribution in [2.45, 2.75) is 25.8 Å². The fourth-order valence-electron chi connectivity index (χ4n) is 4.89. The monoisotopic (exact) mass is 445 g/mol. The Labute approximate surface area is 192 Å². The van der Waals surface area contributed by atoms with Crippen LogP contribution in [0.4, 0.5) is 0 Å². The molecule has 1 atom stereocenters. The molecule has 2 aliphatic heterocycles. The second-order valence-electron chi connectivity index (χ2n) is 8.60. The highest BCUT2D eigenvalue weighted by Crippen LogP contribution is 2.32. The van der Waals surface area contributed by atoms with Gasteiger partial charge in [0.25, 0.3) is 11.8 Å². The second-order valence-corrected chi connectivity index (χ2v) is 8.60. The van der Waals surface area contributed by atoms with Crippen LogP contribution in [0.5, 0.6) is 0 Å². The van der Waals surface area contributed by atoms with Gasteiger partial charge in [-0.05, 0) is 37.1 Å². The molecule has 5 rings (SSSR count). The fourth-order valence-corrected chi connectivity index (χ4v) is 4.89. The van der Waals surface area contributed by atoms with Crippen LogP contribution in [0.2, 0.25) is 0 Å². The molecule has 0 aliphatic carbocycles. The predicted molar refractivity (Wildman–Crippen MR) is 123 cm³/mol. The molecule has 2 aromatic heterocycles. The van der Waals surface area contributed by atoms with Gasteiger partial charge in [0.05, 0.1) is 11.6 Å². The van der Waals surface area contributed by atoms with Crippen molar-refractivity contribution in [3.63, 3.8) is 0 Å². The van der Waals surface area contributed by atoms with Gasteiger partial charge in [0.15, 0.2) is 5.69 Å². The van der Waals surface area contributed by atoms with E-state index in [1.807, 2.05) is 64.0 Å². The van der Waals surface area contributed by atoms with Crippen LogP contribution >= 0.6 is 0 Å². The van der Waals surface area contributed by atoms with Crippen molar-refractivity contribution in [3.8, 4) is 0 Å². The van der Waals surface area contributed by atoms with Gasteiger partial charge >= 0.3 is 0 Å². The molecule has 1 aromatic carbocycles. The first kappa shape index (κ1) is 21.2. The fraction of sp³-hybridized carbons (Fsp3) is 0.360. The van der Waals surface area contributed by atoms with Gasteiger partial charge in [0.1, 0.15) is 5.82 Å². The van der Waals surface area contributed by atoms with Crippen molar-refractivity contribution in [2.24, 2.45) is 0 Å². The van der Waals surface area contributed by atoms with Gasteiger partial charge in [0, 0.05) is 51.4 Å². The summed E-state index contributed by atoms with van der Waals surface area (Å²) in [5.41, 5.74) is 1.81. The van der Waals surface area contributed by atoms with Gasteiger partial charge in [-0.2, -0.15) is 0 Å². The number of carbonyl (C=O) groups excluding carboxylic acids is 3. The topological polar surface area (TPSA) is 78.2 Å². The van der Waals surface area contributed by atoms with Crippen LogP contribution < -0.4 is 0 Å². The highest BCUT2D eigenvalue weighted by atomic mass is 16.2. The van der Waals surface area contributed by atoms with Crippen molar-refractivity contribution in [2.75, 3.05) is 32.7 Å². The average Bonchev–Trinajstić information content (AvgIpc) is 3.49. The Morgan fingerprint density at radius 2 is 1.52 bits per heavy atom. The molecular formula is C25H27N5O3. The molecule has 2 saturated heterocycles. The van der Waals surface area contributed by atoms with Crippen molar-refractivity contribution in [1.29, 1.82) is 0 Å². The number of amides is 3. The number of imidazole rings is 1. The molecule has 2 aliphatic rings. The van der Waals surface area contributed by atoms with Crippen molar-refractivity contribution < 1.29 is 14.4 Å². The van der Waals surface area contributed by atoms with E-state index in [0.29, 0.717) is 44.0 Å². The summed E-state index contributed by atoms with van der Waals surface area (Å²) in [6.07, 6.45) is 3.66. The number of nitrogens with zero attached hydrogens (tertiary/aromatic N) is 5. The summed E-state index contributed by atoms with van der Waals surface area (Å²) in [7, 11) is 0. The maximum Gasteiger partial charge on any atom is 0.274 e. The summed E-state index contributed by atoms with van der Waals surface area (Å²) < 4.78 is 1.94. The van der Waals surface area contributed by atoms with Crippen molar-refractivity contribution in [3.05, 3.63) is 71.8 Å². The lowest BCUT2D eigenvalue weighted by atomic mass is 10.2. The van der Waals surface area contributed by atoms with Gasteiger partial charge in [0.2, 0.25) is 5.91 Å². The molecule has 0 radical (unpaired) electrons. The lowest BCUT2D eigenvalue weighted by Gasteiger charge is -2.34. The van der Waals surface area contributed by atoms with Crippen LogP contribution in [0.1, 0.15) is 52.5 Å². The molecule has 3 aromatic rings. The van der Waals surface area contributed by atoms with E-state index in [1.54, 1.807) is 16.7 Å². The summed E-state index contributed by atoms with van der Waals surface area (Å²) in [6.45, 7) is 4.18. The molecule has 4 heterocycles. The molecule has 8 heteroatoms. The summed E-state index contributed by atoms with van der Waals surface area (Å²) in [6, 6.07) is 14.8. The van der Waals surface area contributed by atoms with Gasteiger partial charge < -0.3 is 19.1 Å². The second kappa shape index (κ2) is 8.69. The smallest absolute Gasteiger partial charge is 0.274 e. The maximum absolute atomic E-state index is 13.5. The number of carbonyl (C=O) groups is 3. The molecule has 0 bridgehead atoms. The van der Waals surface area contributed by atoms with E-state index in [0.717, 1.165) is 24.2 Å². The quantitative estimate of drug-likeness (QED) is 0.621. The first-order valence-electron chi connectivity index (χ1n) is 11.4. The van der Waals surface area contributed by atoms with E-state index in [-0.39, 0.29) is 23.8 Å². The Kier molecular flexibility index (Phi) is 5.58. The number of benzene rings is 1. The summed E-state index contributed by atoms with van der Waals surface area (Å²) >= 11 is 0. The Bertz CT molecular complexity index is 1200. The van der Waals surface area contributed by atoms with Crippen LogP contribution in [-0.4, -0.2) is 74.5 Å². The molecular weight excluding hydrogens is 418 g/mol. The Hall–Kier alpha value is -3.68. The zero-order valence-corrected chi connectivity index (χ0v) is 18.7. The maximum atomic E-state index is 13.5. The van der Waals surface area contributed by atoms with E-state index >= 15 is 0 Å². The Morgan fingerprint density at radius 1 is 0.848 bits per heavy atom. The number of likely N-dealkylation sites (tertiary alicyclic amines) is 1. The molecule has 0 N–H and O–H groups in total. The van der Waals surface area contributed by atoms with Crippen molar-refractivity contribution >= 4 is 23.2 Å². The predicted octanol–water partition coefficient (Wildman–Crippen LogP) is 2.62. The molecule has 2 fully saturated rings. The van der Waals surface area contributed by atoms with Crippen LogP contribution in [-0.2, 0) is 4.79 Å². The number of hydrogen-bond donors (Lipinski definition) is 0. The zero-order chi connectivity index (χ0) is 22.9. The molecule has 0 unspecified atom stereocenters. The SMILES string of the molecule is CC(=O)N1CCC[C@H]1c1nc(C(=O)N2CCN(C(=O)c3ccccc3)CC2)c2ccccn12. The number of fused-ring (bicyclic) bond motifs is 1. The molecule has 170 valence electrons. The van der Waals surface area contributed by atoms with Gasteiger partial charge in [-0.1, -0.05) is 24.3 Å². The number of pyridine rings is 1. The molecule has 3 amide bonds. The van der Waals surface area contributed by atoms with E-state index in [9.17, 15) is 14.4 Å². The standard InChI is InChI=1S/C25H27N5O3/c1-18(31)29-13-7-11-21(29)23-26-22(20-10-5-6-12-30(20)23)25(33)28-16-14-27(15-17-28)24(32)19-8-3-2-4-9-19/h2-6,8-10,12,21H,7,11,13-17H2,1H3/t21-/m0/s1. The van der Waals surface area contributed by atoms with Crippen LogP contribution in [0.15, 0.2) is 54.7 Å². The first-order chi connectivity index (χ1) is 16.0. The molecule has 0 saturated carbocycles. The minimum Gasteiger partial charge on any atom is -0.335 e. The van der Waals surface area contributed by atoms with E-state index < -0.39 is 0 Å². The third kappa shape index (κ3) is 3.86. The van der Waals surface area contributed by atoms with E-state index in [4.69, 9.17) is 4.98 Å². The first-order valence-corrected chi connectivity index (χ1v) is 11.4. The van der Waals surface area contributed by atoms with Crippen LogP contribution in [0.3, 0.4) is 0 Å². The minimum absolute atomic E-state index is 0.0111. The summed E-state index contributed by atoms with van der Waals surface area (Å²) in [5.74, 6) is 0.615. The highest BCUT2D eigenvalue weighted by Gasteiger charge is 2.34. The van der Waals surface area contributed by atoms with E-state index in [1.165, 1.54) is 0 Å². The van der Waals surface area contributed by atoms with Crippen LogP contribution in [0, 0.1) is 0 Å². The van der Waals surface area contributed by atoms with E-state index in [2.05, 4.69) is 0 Å². The number of hydrogen-bond acceptors (Lipinski definition) is 4. The zero-order valence-electron chi connectivity index (χ0n) is 18.7. The average molecular weight is 446 g/mol. The normalized spacial score (nSPS) is 18.7. The third-order valence-electron chi connectivity index (χ3n) is 6.61. The largest absolute Gasteiger partial charge is 0.335 e. The Morgan fingerprint density at radius 3 is 2.21 bits per heavy atom. The number of aromatic nitrogens is 2. The molecule has 8 nitrogen and oxygen atoms in total. The highest BCUT2D eigenvalue weighted by molar-refractivity contribution is 5.99. The summed E-state index contributed by atoms with van der Waals surface area (Å²) in [4.78, 5) is 48.5. The minimum atomic E-state index is -0.135. The van der Waals surface area contributed by atoms with Gasteiger partial charge in [-0.15, -0.1) is 0 Å². The van der Waals surface area contributed by atoms with Gasteiger partial charge in [-0.25, -0.2) is 4.98 Å². The number of rotatable bonds is 3. The third-order valence-corrected chi connectivity index (χ3v) is 6.61. The lowest BCUT2D eigenvalue weighted by Crippen LogP contribution is -2.50. The molecule has 33 heavy (non-hydrogen) atoms. The Balaban J connectivity index is 1.36. The summed E-state index contributed by atoms with van der Waals surface area (Å²) in [5, 5.41) is 0.